The van der Waals surface area contributed by atoms with Crippen molar-refractivity contribution in [1.82, 2.24) is 20.1 Å². The van der Waals surface area contributed by atoms with E-state index < -0.39 is 17.8 Å². The van der Waals surface area contributed by atoms with Crippen LogP contribution < -0.4 is 10.6 Å². The molecule has 1 heterocycles. The largest absolute Gasteiger partial charge is 0.342 e. The number of carbonyl (C=O) groups is 2. The lowest BCUT2D eigenvalue weighted by Gasteiger charge is -2.15. The van der Waals surface area contributed by atoms with Crippen LogP contribution in [0.15, 0.2) is 53.7 Å². The van der Waals surface area contributed by atoms with Gasteiger partial charge in [0.1, 0.15) is 5.82 Å². The normalized spacial score (nSPS) is 11.7. The van der Waals surface area contributed by atoms with Crippen LogP contribution in [0.4, 0.5) is 10.1 Å². The summed E-state index contributed by atoms with van der Waals surface area (Å²) in [6, 6.07) is 12.2. The van der Waals surface area contributed by atoms with E-state index in [0.717, 1.165) is 0 Å². The summed E-state index contributed by atoms with van der Waals surface area (Å²) in [6.07, 6.45) is 0. The maximum atomic E-state index is 13.9. The number of amides is 2. The highest BCUT2D eigenvalue weighted by atomic mass is 35.5. The van der Waals surface area contributed by atoms with Gasteiger partial charge < -0.3 is 15.2 Å². The highest BCUT2D eigenvalue weighted by molar-refractivity contribution is 7.99. The summed E-state index contributed by atoms with van der Waals surface area (Å²) in [4.78, 5) is 24.7. The minimum atomic E-state index is -0.593. The SMILES string of the molecule is CCn1c(SCC(=O)Nc2ccccc2Cl)nnc1C(C)NC(=O)c1ccccc1F. The Morgan fingerprint density at radius 2 is 1.87 bits per heavy atom. The summed E-state index contributed by atoms with van der Waals surface area (Å²) in [5.41, 5.74) is 0.500. The first kappa shape index (κ1) is 22.8. The van der Waals surface area contributed by atoms with Crippen LogP contribution in [0.3, 0.4) is 0 Å². The van der Waals surface area contributed by atoms with Gasteiger partial charge in [-0.05, 0) is 38.1 Å². The van der Waals surface area contributed by atoms with E-state index in [9.17, 15) is 14.0 Å². The molecule has 31 heavy (non-hydrogen) atoms. The van der Waals surface area contributed by atoms with Crippen LogP contribution in [0.5, 0.6) is 0 Å². The Kier molecular flexibility index (Phi) is 7.64. The zero-order valence-electron chi connectivity index (χ0n) is 16.9. The summed E-state index contributed by atoms with van der Waals surface area (Å²) in [5.74, 6) is -0.735. The summed E-state index contributed by atoms with van der Waals surface area (Å²) in [5, 5.41) is 14.8. The van der Waals surface area contributed by atoms with Gasteiger partial charge in [-0.15, -0.1) is 10.2 Å². The number of benzene rings is 2. The minimum absolute atomic E-state index is 0.0391. The molecule has 3 aromatic rings. The zero-order valence-corrected chi connectivity index (χ0v) is 18.5. The number of hydrogen-bond donors (Lipinski definition) is 2. The molecule has 1 aromatic heterocycles. The van der Waals surface area contributed by atoms with Crippen molar-refractivity contribution in [3.8, 4) is 0 Å². The van der Waals surface area contributed by atoms with Gasteiger partial charge in [0, 0.05) is 6.54 Å². The van der Waals surface area contributed by atoms with Crippen LogP contribution >= 0.6 is 23.4 Å². The van der Waals surface area contributed by atoms with Gasteiger partial charge in [-0.25, -0.2) is 4.39 Å². The molecule has 1 atom stereocenters. The first-order valence-electron chi connectivity index (χ1n) is 9.56. The molecule has 7 nitrogen and oxygen atoms in total. The zero-order chi connectivity index (χ0) is 22.4. The van der Waals surface area contributed by atoms with E-state index in [1.807, 2.05) is 6.92 Å². The van der Waals surface area contributed by atoms with Crippen molar-refractivity contribution in [1.29, 1.82) is 0 Å². The van der Waals surface area contributed by atoms with E-state index in [0.29, 0.717) is 28.2 Å². The van der Waals surface area contributed by atoms with Crippen molar-refractivity contribution in [2.45, 2.75) is 31.6 Å². The molecule has 0 bridgehead atoms. The Balaban J connectivity index is 1.64. The van der Waals surface area contributed by atoms with Crippen LogP contribution in [0, 0.1) is 5.82 Å². The van der Waals surface area contributed by atoms with Gasteiger partial charge in [0.25, 0.3) is 5.91 Å². The average molecular weight is 462 g/mol. The number of carbonyl (C=O) groups excluding carboxylic acids is 2. The molecule has 0 radical (unpaired) electrons. The number of para-hydroxylation sites is 1. The van der Waals surface area contributed by atoms with E-state index >= 15 is 0 Å². The lowest BCUT2D eigenvalue weighted by atomic mass is 10.2. The molecule has 2 amide bonds. The molecule has 0 aliphatic carbocycles. The monoisotopic (exact) mass is 461 g/mol. The second-order valence-electron chi connectivity index (χ2n) is 6.58. The van der Waals surface area contributed by atoms with Gasteiger partial charge in [0.15, 0.2) is 11.0 Å². The topological polar surface area (TPSA) is 88.9 Å². The molecule has 0 aliphatic rings. The number of nitrogens with one attached hydrogen (secondary N) is 2. The van der Waals surface area contributed by atoms with Crippen molar-refractivity contribution in [2.75, 3.05) is 11.1 Å². The molecular weight excluding hydrogens is 441 g/mol. The van der Waals surface area contributed by atoms with Gasteiger partial charge in [-0.1, -0.05) is 47.6 Å². The molecule has 0 saturated carbocycles. The summed E-state index contributed by atoms with van der Waals surface area (Å²) >= 11 is 7.28. The number of anilines is 1. The van der Waals surface area contributed by atoms with Gasteiger partial charge in [-0.3, -0.25) is 9.59 Å². The molecule has 162 valence electrons. The van der Waals surface area contributed by atoms with Gasteiger partial charge in [0.05, 0.1) is 28.1 Å². The van der Waals surface area contributed by atoms with Crippen LogP contribution in [0.1, 0.15) is 36.1 Å². The number of thioether (sulfide) groups is 1. The molecule has 0 spiro atoms. The number of nitrogens with zero attached hydrogens (tertiary/aromatic N) is 3. The average Bonchev–Trinajstić information content (AvgIpc) is 3.17. The third-order valence-electron chi connectivity index (χ3n) is 4.40. The van der Waals surface area contributed by atoms with Gasteiger partial charge in [0.2, 0.25) is 5.91 Å². The van der Waals surface area contributed by atoms with Crippen molar-refractivity contribution in [3.05, 3.63) is 70.8 Å². The first-order valence-corrected chi connectivity index (χ1v) is 10.9. The van der Waals surface area contributed by atoms with Crippen molar-refractivity contribution in [3.63, 3.8) is 0 Å². The van der Waals surface area contributed by atoms with E-state index in [4.69, 9.17) is 11.6 Å². The third kappa shape index (κ3) is 5.62. The Labute approximate surface area is 188 Å². The summed E-state index contributed by atoms with van der Waals surface area (Å²) in [6.45, 7) is 4.19. The second kappa shape index (κ2) is 10.4. The third-order valence-corrected chi connectivity index (χ3v) is 5.69. The molecule has 2 N–H and O–H groups in total. The van der Waals surface area contributed by atoms with Crippen LogP contribution in [0.2, 0.25) is 5.02 Å². The van der Waals surface area contributed by atoms with E-state index in [1.165, 1.54) is 30.0 Å². The number of hydrogen-bond acceptors (Lipinski definition) is 5. The first-order chi connectivity index (χ1) is 14.9. The molecule has 0 fully saturated rings. The highest BCUT2D eigenvalue weighted by Crippen LogP contribution is 2.23. The predicted octanol–water partition coefficient (Wildman–Crippen LogP) is 4.31. The fourth-order valence-electron chi connectivity index (χ4n) is 2.89. The van der Waals surface area contributed by atoms with Crippen LogP contribution in [-0.2, 0) is 11.3 Å². The number of rotatable bonds is 8. The molecule has 10 heteroatoms. The molecule has 0 saturated heterocycles. The molecule has 0 aliphatic heterocycles. The second-order valence-corrected chi connectivity index (χ2v) is 7.93. The molecule has 2 aromatic carbocycles. The molecule has 3 rings (SSSR count). The lowest BCUT2D eigenvalue weighted by molar-refractivity contribution is -0.113. The van der Waals surface area contributed by atoms with E-state index in [-0.39, 0.29) is 17.2 Å². The number of aromatic nitrogens is 3. The van der Waals surface area contributed by atoms with Crippen molar-refractivity contribution < 1.29 is 14.0 Å². The maximum absolute atomic E-state index is 13.9. The fourth-order valence-corrected chi connectivity index (χ4v) is 3.88. The van der Waals surface area contributed by atoms with Gasteiger partial charge in [-0.2, -0.15) is 0 Å². The predicted molar refractivity (Wildman–Crippen MR) is 119 cm³/mol. The van der Waals surface area contributed by atoms with Crippen molar-refractivity contribution in [2.24, 2.45) is 0 Å². The molecule has 1 unspecified atom stereocenters. The summed E-state index contributed by atoms with van der Waals surface area (Å²) in [7, 11) is 0. The fraction of sp³-hybridized carbons (Fsp3) is 0.238. The minimum Gasteiger partial charge on any atom is -0.342 e. The Morgan fingerprint density at radius 3 is 2.58 bits per heavy atom. The highest BCUT2D eigenvalue weighted by Gasteiger charge is 2.21. The summed E-state index contributed by atoms with van der Waals surface area (Å²) < 4.78 is 15.7. The Hall–Kier alpha value is -2.91. The maximum Gasteiger partial charge on any atom is 0.254 e. The Bertz CT molecular complexity index is 1090. The van der Waals surface area contributed by atoms with Crippen LogP contribution in [-0.4, -0.2) is 32.3 Å². The van der Waals surface area contributed by atoms with Gasteiger partial charge >= 0.3 is 0 Å². The van der Waals surface area contributed by atoms with E-state index in [2.05, 4.69) is 20.8 Å². The Morgan fingerprint density at radius 1 is 1.16 bits per heavy atom. The standard InChI is InChI=1S/C21H21ClFN5O2S/c1-3-28-19(13(2)24-20(30)14-8-4-6-10-16(14)23)26-27-21(28)31-12-18(29)25-17-11-7-5-9-15(17)22/h4-11,13H,3,12H2,1-2H3,(H,24,30)(H,25,29). The lowest BCUT2D eigenvalue weighted by Crippen LogP contribution is -2.29. The smallest absolute Gasteiger partial charge is 0.254 e. The van der Waals surface area contributed by atoms with E-state index in [1.54, 1.807) is 41.8 Å². The quantitative estimate of drug-likeness (QED) is 0.488. The van der Waals surface area contributed by atoms with Crippen molar-refractivity contribution >= 4 is 40.9 Å². The van der Waals surface area contributed by atoms with Crippen LogP contribution in [0.25, 0.3) is 0 Å². The number of halogens is 2. The molecular formula is C21H21ClFN5O2S.